The minimum absolute atomic E-state index is 0.0394. The minimum atomic E-state index is -1.60. The van der Waals surface area contributed by atoms with Gasteiger partial charge < -0.3 is 10.1 Å². The second-order valence-corrected chi connectivity index (χ2v) is 4.26. The summed E-state index contributed by atoms with van der Waals surface area (Å²) < 4.78 is 18.0. The zero-order chi connectivity index (χ0) is 14.2. The van der Waals surface area contributed by atoms with E-state index in [2.05, 4.69) is 10.1 Å². The molecule has 1 aliphatic rings. The van der Waals surface area contributed by atoms with Gasteiger partial charge in [0, 0.05) is 5.56 Å². The van der Waals surface area contributed by atoms with Crippen molar-refractivity contribution in [3.05, 3.63) is 28.5 Å². The summed E-state index contributed by atoms with van der Waals surface area (Å²) in [7, 11) is 0. The fourth-order valence-corrected chi connectivity index (χ4v) is 1.94. The number of hydrogen-bond donors (Lipinski definition) is 1. The Bertz CT molecular complexity index is 587. The Morgan fingerprint density at radius 1 is 1.47 bits per heavy atom. The van der Waals surface area contributed by atoms with Crippen LogP contribution in [0.15, 0.2) is 12.1 Å². The number of benzene rings is 1. The molecule has 0 bridgehead atoms. The van der Waals surface area contributed by atoms with Crippen molar-refractivity contribution in [1.29, 1.82) is 0 Å². The quantitative estimate of drug-likeness (QED) is 0.664. The maximum atomic E-state index is 13.3. The summed E-state index contributed by atoms with van der Waals surface area (Å²) in [6, 6.07) is 2.02. The lowest BCUT2D eigenvalue weighted by Gasteiger charge is -2.22. The number of esters is 1. The van der Waals surface area contributed by atoms with Crippen LogP contribution < -0.4 is 5.32 Å². The number of halogens is 2. The third kappa shape index (κ3) is 2.31. The van der Waals surface area contributed by atoms with Crippen LogP contribution in [-0.2, 0) is 14.3 Å². The van der Waals surface area contributed by atoms with Gasteiger partial charge in [0.15, 0.2) is 11.7 Å². The Kier molecular flexibility index (Phi) is 3.53. The van der Waals surface area contributed by atoms with Crippen LogP contribution in [0, 0.1) is 11.7 Å². The predicted octanol–water partition coefficient (Wildman–Crippen LogP) is 1.79. The van der Waals surface area contributed by atoms with Gasteiger partial charge in [-0.05, 0) is 19.1 Å². The average Bonchev–Trinajstić information content (AvgIpc) is 2.32. The number of carbonyl (C=O) groups excluding carboxylic acids is 3. The summed E-state index contributed by atoms with van der Waals surface area (Å²) in [6.07, 6.45) is 0. The number of amides is 1. The van der Waals surface area contributed by atoms with Crippen molar-refractivity contribution in [2.24, 2.45) is 5.92 Å². The van der Waals surface area contributed by atoms with Crippen LogP contribution in [0.2, 0.25) is 5.02 Å². The van der Waals surface area contributed by atoms with Crippen molar-refractivity contribution in [1.82, 2.24) is 0 Å². The van der Waals surface area contributed by atoms with E-state index in [1.807, 2.05) is 0 Å². The fraction of sp³-hybridized carbons (Fsp3) is 0.250. The smallest absolute Gasteiger partial charge is 0.326 e. The summed E-state index contributed by atoms with van der Waals surface area (Å²) in [4.78, 5) is 35.3. The van der Waals surface area contributed by atoms with E-state index in [0.717, 1.165) is 12.1 Å². The van der Waals surface area contributed by atoms with E-state index in [1.165, 1.54) is 0 Å². The first-order chi connectivity index (χ1) is 8.95. The lowest BCUT2D eigenvalue weighted by molar-refractivity contribution is -0.148. The first kappa shape index (κ1) is 13.5. The molecule has 1 amide bonds. The molecule has 1 aromatic rings. The maximum Gasteiger partial charge on any atom is 0.326 e. The van der Waals surface area contributed by atoms with Crippen molar-refractivity contribution in [3.8, 4) is 0 Å². The molecule has 1 unspecified atom stereocenters. The predicted molar refractivity (Wildman–Crippen MR) is 64.5 cm³/mol. The molecule has 0 fully saturated rings. The van der Waals surface area contributed by atoms with Gasteiger partial charge in [-0.25, -0.2) is 4.39 Å². The molecule has 1 heterocycles. The largest absolute Gasteiger partial charge is 0.465 e. The summed E-state index contributed by atoms with van der Waals surface area (Å²) >= 11 is 5.56. The zero-order valence-corrected chi connectivity index (χ0v) is 10.6. The van der Waals surface area contributed by atoms with Crippen molar-refractivity contribution in [2.45, 2.75) is 6.92 Å². The van der Waals surface area contributed by atoms with Gasteiger partial charge in [-0.15, -0.1) is 0 Å². The minimum Gasteiger partial charge on any atom is -0.465 e. The van der Waals surface area contributed by atoms with Crippen LogP contribution in [-0.4, -0.2) is 24.3 Å². The molecule has 2 rings (SSSR count). The molecular weight excluding hydrogens is 277 g/mol. The molecule has 19 heavy (non-hydrogen) atoms. The van der Waals surface area contributed by atoms with E-state index in [-0.39, 0.29) is 22.9 Å². The summed E-state index contributed by atoms with van der Waals surface area (Å²) in [5.74, 6) is -4.96. The van der Waals surface area contributed by atoms with E-state index in [1.54, 1.807) is 6.92 Å². The number of rotatable bonds is 2. The molecule has 0 saturated heterocycles. The van der Waals surface area contributed by atoms with Crippen molar-refractivity contribution >= 4 is 34.9 Å². The van der Waals surface area contributed by atoms with Gasteiger partial charge in [-0.3, -0.25) is 14.4 Å². The number of hydrogen-bond acceptors (Lipinski definition) is 4. The topological polar surface area (TPSA) is 72.5 Å². The van der Waals surface area contributed by atoms with Crippen LogP contribution >= 0.6 is 11.6 Å². The van der Waals surface area contributed by atoms with Crippen molar-refractivity contribution < 1.29 is 23.5 Å². The number of ether oxygens (including phenoxy) is 1. The average molecular weight is 286 g/mol. The Labute approximate surface area is 112 Å². The highest BCUT2D eigenvalue weighted by Gasteiger charge is 2.41. The first-order valence-corrected chi connectivity index (χ1v) is 5.84. The first-order valence-electron chi connectivity index (χ1n) is 5.46. The van der Waals surface area contributed by atoms with E-state index in [9.17, 15) is 18.8 Å². The third-order valence-electron chi connectivity index (χ3n) is 2.63. The summed E-state index contributed by atoms with van der Waals surface area (Å²) in [5, 5.41) is 2.12. The van der Waals surface area contributed by atoms with Gasteiger partial charge in [0.05, 0.1) is 17.3 Å². The standard InChI is InChI=1S/C12H9ClFNO4/c1-2-19-12(18)9-10(16)5-3-7(14)6(13)4-8(5)15-11(9)17/h3-4,9H,2H2,1H3,(H,15,17). The molecule has 1 aliphatic heterocycles. The summed E-state index contributed by atoms with van der Waals surface area (Å²) in [6.45, 7) is 1.59. The highest BCUT2D eigenvalue weighted by atomic mass is 35.5. The van der Waals surface area contributed by atoms with E-state index in [4.69, 9.17) is 11.6 Å². The Morgan fingerprint density at radius 2 is 2.16 bits per heavy atom. The molecule has 100 valence electrons. The number of fused-ring (bicyclic) bond motifs is 1. The Balaban J connectivity index is 2.45. The van der Waals surface area contributed by atoms with Crippen LogP contribution in [0.5, 0.6) is 0 Å². The second kappa shape index (κ2) is 4.97. The van der Waals surface area contributed by atoms with Gasteiger partial charge >= 0.3 is 5.97 Å². The molecule has 0 aliphatic carbocycles. The molecule has 1 atom stereocenters. The molecule has 5 nitrogen and oxygen atoms in total. The van der Waals surface area contributed by atoms with Gasteiger partial charge in [0.2, 0.25) is 5.91 Å². The lowest BCUT2D eigenvalue weighted by Crippen LogP contribution is -2.41. The highest BCUT2D eigenvalue weighted by Crippen LogP contribution is 2.30. The molecule has 0 spiro atoms. The van der Waals surface area contributed by atoms with Gasteiger partial charge in [-0.1, -0.05) is 11.6 Å². The SMILES string of the molecule is CCOC(=O)C1C(=O)Nc2cc(Cl)c(F)cc2C1=O. The molecule has 1 aromatic carbocycles. The molecule has 0 radical (unpaired) electrons. The molecule has 0 aromatic heterocycles. The van der Waals surface area contributed by atoms with Crippen LogP contribution in [0.25, 0.3) is 0 Å². The Hall–Kier alpha value is -1.95. The monoisotopic (exact) mass is 285 g/mol. The van der Waals surface area contributed by atoms with E-state index < -0.39 is 29.4 Å². The van der Waals surface area contributed by atoms with Gasteiger partial charge in [0.25, 0.3) is 0 Å². The third-order valence-corrected chi connectivity index (χ3v) is 2.92. The number of carbonyl (C=O) groups is 3. The highest BCUT2D eigenvalue weighted by molar-refractivity contribution is 6.33. The van der Waals surface area contributed by atoms with Crippen LogP contribution in [0.3, 0.4) is 0 Å². The van der Waals surface area contributed by atoms with Gasteiger partial charge in [0.1, 0.15) is 5.82 Å². The number of Topliss-reactive ketones (excluding diaryl/α,β-unsaturated/α-hetero) is 1. The molecule has 1 N–H and O–H groups in total. The molecule has 0 saturated carbocycles. The van der Waals surface area contributed by atoms with Crippen LogP contribution in [0.4, 0.5) is 10.1 Å². The number of anilines is 1. The number of nitrogens with one attached hydrogen (secondary N) is 1. The summed E-state index contributed by atoms with van der Waals surface area (Å²) in [5.41, 5.74) is -0.0125. The second-order valence-electron chi connectivity index (χ2n) is 3.85. The van der Waals surface area contributed by atoms with Crippen molar-refractivity contribution in [3.63, 3.8) is 0 Å². The maximum absolute atomic E-state index is 13.3. The van der Waals surface area contributed by atoms with Crippen LogP contribution in [0.1, 0.15) is 17.3 Å². The normalized spacial score (nSPS) is 17.7. The zero-order valence-electron chi connectivity index (χ0n) is 9.83. The van der Waals surface area contributed by atoms with E-state index >= 15 is 0 Å². The lowest BCUT2D eigenvalue weighted by atomic mass is 9.91. The van der Waals surface area contributed by atoms with Crippen molar-refractivity contribution in [2.75, 3.05) is 11.9 Å². The molecule has 7 heteroatoms. The van der Waals surface area contributed by atoms with Gasteiger partial charge in [-0.2, -0.15) is 0 Å². The number of ketones is 1. The van der Waals surface area contributed by atoms with E-state index in [0.29, 0.717) is 0 Å². The Morgan fingerprint density at radius 3 is 2.79 bits per heavy atom. The fourth-order valence-electron chi connectivity index (χ4n) is 1.77. The molecular formula is C12H9ClFNO4.